The molecule has 5 aromatic carbocycles. The summed E-state index contributed by atoms with van der Waals surface area (Å²) in [4.78, 5) is 0. The minimum Gasteiger partial charge on any atom is -0.458 e. The van der Waals surface area contributed by atoms with E-state index in [0.29, 0.717) is 0 Å². The Kier molecular flexibility index (Phi) is 4.28. The van der Waals surface area contributed by atoms with Crippen LogP contribution in [0.1, 0.15) is 16.7 Å². The standard InChI is InChI=1S/C33H23BO2S/c1-18-7-5-11-25-31(18)35-27-15-22(16-28-30(27)34(25)26-12-6-8-19(2)32(26)36-28)21-13-14-23-24-10-4-9-20(3)33(24)37-29(23)17-21/h4-17H,1-3H3. The average Bonchev–Trinajstić information content (AvgIpc) is 3.29. The van der Waals surface area contributed by atoms with Gasteiger partial charge in [0.05, 0.1) is 0 Å². The zero-order chi connectivity index (χ0) is 24.8. The fourth-order valence-corrected chi connectivity index (χ4v) is 7.33. The van der Waals surface area contributed by atoms with Gasteiger partial charge in [-0.25, -0.2) is 0 Å². The quantitative estimate of drug-likeness (QED) is 0.222. The molecule has 2 aliphatic heterocycles. The first-order chi connectivity index (χ1) is 18.1. The molecule has 4 heteroatoms. The van der Waals surface area contributed by atoms with E-state index in [1.54, 1.807) is 0 Å². The summed E-state index contributed by atoms with van der Waals surface area (Å²) in [5.41, 5.74) is 9.45. The zero-order valence-electron chi connectivity index (χ0n) is 20.9. The Morgan fingerprint density at radius 1 is 0.595 bits per heavy atom. The molecule has 0 aliphatic carbocycles. The van der Waals surface area contributed by atoms with Crippen LogP contribution < -0.4 is 25.9 Å². The van der Waals surface area contributed by atoms with Crippen LogP contribution in [0.4, 0.5) is 0 Å². The smallest absolute Gasteiger partial charge is 0.260 e. The summed E-state index contributed by atoms with van der Waals surface area (Å²) in [5.74, 6) is 3.71. The molecule has 3 heterocycles. The van der Waals surface area contributed by atoms with E-state index < -0.39 is 0 Å². The van der Waals surface area contributed by atoms with Crippen molar-refractivity contribution in [3.8, 4) is 34.1 Å². The molecular weight excluding hydrogens is 471 g/mol. The average molecular weight is 494 g/mol. The second-order valence-electron chi connectivity index (χ2n) is 10.3. The van der Waals surface area contributed by atoms with Gasteiger partial charge in [0.1, 0.15) is 23.0 Å². The minimum absolute atomic E-state index is 0.0967. The van der Waals surface area contributed by atoms with Gasteiger partial charge >= 0.3 is 0 Å². The molecule has 0 atom stereocenters. The molecule has 6 aromatic rings. The Morgan fingerprint density at radius 3 is 1.89 bits per heavy atom. The Hall–Kier alpha value is -4.02. The van der Waals surface area contributed by atoms with Gasteiger partial charge in [-0.05, 0) is 77.7 Å². The van der Waals surface area contributed by atoms with Crippen LogP contribution in [0.25, 0.3) is 31.3 Å². The molecule has 2 aliphatic rings. The third-order valence-corrected chi connectivity index (χ3v) is 9.26. The van der Waals surface area contributed by atoms with Gasteiger partial charge in [0.15, 0.2) is 0 Å². The van der Waals surface area contributed by atoms with Gasteiger partial charge in [-0.3, -0.25) is 0 Å². The lowest BCUT2D eigenvalue weighted by atomic mass is 9.34. The summed E-state index contributed by atoms with van der Waals surface area (Å²) >= 11 is 1.87. The highest BCUT2D eigenvalue weighted by Crippen LogP contribution is 2.42. The molecular formula is C33H23BO2S. The molecule has 0 saturated heterocycles. The van der Waals surface area contributed by atoms with Gasteiger partial charge in [-0.1, -0.05) is 66.7 Å². The number of ether oxygens (including phenoxy) is 2. The van der Waals surface area contributed by atoms with Crippen LogP contribution in [0.5, 0.6) is 23.0 Å². The zero-order valence-corrected chi connectivity index (χ0v) is 21.7. The first-order valence-corrected chi connectivity index (χ1v) is 13.5. The molecule has 176 valence electrons. The number of aryl methyl sites for hydroxylation is 3. The molecule has 0 N–H and O–H groups in total. The first kappa shape index (κ1) is 21.1. The Bertz CT molecular complexity index is 1860. The van der Waals surface area contributed by atoms with Crippen molar-refractivity contribution in [3.63, 3.8) is 0 Å². The van der Waals surface area contributed by atoms with Gasteiger partial charge < -0.3 is 9.47 Å². The van der Waals surface area contributed by atoms with Crippen molar-refractivity contribution in [1.29, 1.82) is 0 Å². The molecule has 0 fully saturated rings. The monoisotopic (exact) mass is 494 g/mol. The lowest BCUT2D eigenvalue weighted by Crippen LogP contribution is -2.57. The highest BCUT2D eigenvalue weighted by molar-refractivity contribution is 7.26. The highest BCUT2D eigenvalue weighted by atomic mass is 32.1. The molecule has 0 unspecified atom stereocenters. The summed E-state index contributed by atoms with van der Waals surface area (Å²) in [7, 11) is 0. The van der Waals surface area contributed by atoms with Crippen molar-refractivity contribution in [2.75, 3.05) is 0 Å². The molecule has 0 saturated carbocycles. The van der Waals surface area contributed by atoms with Crippen LogP contribution in [-0.2, 0) is 0 Å². The lowest BCUT2D eigenvalue weighted by Gasteiger charge is -2.34. The van der Waals surface area contributed by atoms with E-state index in [4.69, 9.17) is 9.47 Å². The summed E-state index contributed by atoms with van der Waals surface area (Å²) in [6.07, 6.45) is 0. The molecule has 8 rings (SSSR count). The molecule has 0 amide bonds. The van der Waals surface area contributed by atoms with Crippen LogP contribution in [-0.4, -0.2) is 6.71 Å². The Balaban J connectivity index is 1.36. The molecule has 1 aromatic heterocycles. The molecule has 2 nitrogen and oxygen atoms in total. The maximum atomic E-state index is 6.64. The van der Waals surface area contributed by atoms with Crippen molar-refractivity contribution < 1.29 is 9.47 Å². The molecule has 0 radical (unpaired) electrons. The highest BCUT2D eigenvalue weighted by Gasteiger charge is 2.41. The van der Waals surface area contributed by atoms with Crippen LogP contribution in [0.2, 0.25) is 0 Å². The third kappa shape index (κ3) is 2.94. The van der Waals surface area contributed by atoms with E-state index >= 15 is 0 Å². The number of fused-ring (bicyclic) bond motifs is 7. The van der Waals surface area contributed by atoms with Crippen molar-refractivity contribution >= 4 is 54.6 Å². The number of rotatable bonds is 1. The van der Waals surface area contributed by atoms with E-state index in [2.05, 4.69) is 106 Å². The van der Waals surface area contributed by atoms with E-state index in [1.807, 2.05) is 11.3 Å². The third-order valence-electron chi connectivity index (χ3n) is 7.95. The molecule has 0 bridgehead atoms. The second-order valence-corrected chi connectivity index (χ2v) is 11.3. The summed E-state index contributed by atoms with van der Waals surface area (Å²) < 4.78 is 15.9. The summed E-state index contributed by atoms with van der Waals surface area (Å²) in [6, 6.07) is 30.7. The lowest BCUT2D eigenvalue weighted by molar-refractivity contribution is 0.461. The van der Waals surface area contributed by atoms with Crippen LogP contribution in [0, 0.1) is 20.8 Å². The Labute approximate surface area is 220 Å². The molecule has 37 heavy (non-hydrogen) atoms. The first-order valence-electron chi connectivity index (χ1n) is 12.7. The summed E-state index contributed by atoms with van der Waals surface area (Å²) in [5, 5.41) is 2.65. The van der Waals surface area contributed by atoms with Crippen molar-refractivity contribution in [1.82, 2.24) is 0 Å². The van der Waals surface area contributed by atoms with E-state index in [-0.39, 0.29) is 6.71 Å². The fourth-order valence-electron chi connectivity index (χ4n) is 6.12. The molecule has 0 spiro atoms. The normalized spacial score (nSPS) is 13.1. The fraction of sp³-hybridized carbons (Fsp3) is 0.0909. The van der Waals surface area contributed by atoms with Crippen molar-refractivity contribution in [2.45, 2.75) is 20.8 Å². The largest absolute Gasteiger partial charge is 0.458 e. The predicted molar refractivity (Wildman–Crippen MR) is 157 cm³/mol. The van der Waals surface area contributed by atoms with Crippen LogP contribution in [0.3, 0.4) is 0 Å². The number of hydrogen-bond donors (Lipinski definition) is 0. The van der Waals surface area contributed by atoms with Crippen molar-refractivity contribution in [3.05, 3.63) is 102 Å². The SMILES string of the molecule is Cc1cccc2c1Oc1cc(-c3ccc4c(c3)sc3c(C)cccc34)cc3c1B2c1cccc(C)c1O3. The predicted octanol–water partition coefficient (Wildman–Crippen LogP) is 7.37. The van der Waals surface area contributed by atoms with Crippen LogP contribution in [0.15, 0.2) is 84.9 Å². The minimum atomic E-state index is 0.0967. The summed E-state index contributed by atoms with van der Waals surface area (Å²) in [6.45, 7) is 6.54. The van der Waals surface area contributed by atoms with E-state index in [1.165, 1.54) is 42.2 Å². The Morgan fingerprint density at radius 2 is 1.22 bits per heavy atom. The van der Waals surface area contributed by atoms with Crippen LogP contribution >= 0.6 is 11.3 Å². The maximum absolute atomic E-state index is 6.64. The number of benzene rings is 5. The van der Waals surface area contributed by atoms with E-state index in [0.717, 1.165) is 45.2 Å². The van der Waals surface area contributed by atoms with Gasteiger partial charge in [0, 0.05) is 25.6 Å². The van der Waals surface area contributed by atoms with Gasteiger partial charge in [-0.2, -0.15) is 0 Å². The van der Waals surface area contributed by atoms with Gasteiger partial charge in [-0.15, -0.1) is 11.3 Å². The van der Waals surface area contributed by atoms with Gasteiger partial charge in [0.25, 0.3) is 6.71 Å². The number of hydrogen-bond acceptors (Lipinski definition) is 3. The van der Waals surface area contributed by atoms with E-state index in [9.17, 15) is 0 Å². The second kappa shape index (κ2) is 7.50. The maximum Gasteiger partial charge on any atom is 0.260 e. The number of para-hydroxylation sites is 2. The van der Waals surface area contributed by atoms with Gasteiger partial charge in [0.2, 0.25) is 0 Å². The van der Waals surface area contributed by atoms with Crippen molar-refractivity contribution in [2.24, 2.45) is 0 Å². The number of thiophene rings is 1. The topological polar surface area (TPSA) is 18.5 Å².